The summed E-state index contributed by atoms with van der Waals surface area (Å²) in [6, 6.07) is 6.15. The molecule has 3 aromatic rings. The van der Waals surface area contributed by atoms with Crippen molar-refractivity contribution in [3.8, 4) is 0 Å². The number of pyridine rings is 1. The molecule has 6 aliphatic rings. The zero-order valence-corrected chi connectivity index (χ0v) is 43.1. The van der Waals surface area contributed by atoms with Crippen LogP contribution in [0.4, 0.5) is 0 Å². The fraction of sp³-hybridized carbons (Fsp3) is 0.554. The molecule has 358 valence electrons. The first-order valence-corrected chi connectivity index (χ1v) is 26.8. The van der Waals surface area contributed by atoms with E-state index in [9.17, 15) is 19.2 Å². The van der Waals surface area contributed by atoms with Crippen molar-refractivity contribution in [2.24, 2.45) is 11.8 Å². The van der Waals surface area contributed by atoms with Crippen molar-refractivity contribution >= 4 is 46.1 Å². The topological polar surface area (TPSA) is 103 Å². The van der Waals surface area contributed by atoms with Gasteiger partial charge in [0.15, 0.2) is 11.6 Å². The summed E-state index contributed by atoms with van der Waals surface area (Å²) >= 11 is 3.77. The normalized spacial score (nSPS) is 21.0. The van der Waals surface area contributed by atoms with Crippen LogP contribution in [0, 0.1) is 25.7 Å². The van der Waals surface area contributed by atoms with Gasteiger partial charge in [-0.25, -0.2) is 0 Å². The molecule has 2 amide bonds. The van der Waals surface area contributed by atoms with E-state index in [4.69, 9.17) is 0 Å². The number of rotatable bonds is 12. The first-order chi connectivity index (χ1) is 32.3. The highest BCUT2D eigenvalue weighted by Crippen LogP contribution is 2.45. The number of carbonyl (C=O) groups is 4. The van der Waals surface area contributed by atoms with Gasteiger partial charge in [-0.15, -0.1) is 22.7 Å². The first-order valence-electron chi connectivity index (χ1n) is 25.2. The number of amides is 2. The molecule has 0 unspecified atom stereocenters. The Morgan fingerprint density at radius 3 is 1.55 bits per heavy atom. The number of allylic oxidation sites excluding steroid dienone is 6. The zero-order valence-electron chi connectivity index (χ0n) is 41.4. The molecule has 2 aliphatic carbocycles. The van der Waals surface area contributed by atoms with Crippen LogP contribution in [0.25, 0.3) is 0 Å². The van der Waals surface area contributed by atoms with E-state index in [0.717, 1.165) is 109 Å². The number of likely N-dealkylation sites (tertiary alicyclic amines) is 1. The molecule has 9 rings (SSSR count). The van der Waals surface area contributed by atoms with Gasteiger partial charge in [-0.2, -0.15) is 0 Å². The smallest absolute Gasteiger partial charge is 0.255 e. The van der Waals surface area contributed by atoms with Gasteiger partial charge in [-0.3, -0.25) is 29.1 Å². The van der Waals surface area contributed by atoms with Gasteiger partial charge in [-0.1, -0.05) is 43.2 Å². The van der Waals surface area contributed by atoms with Crippen molar-refractivity contribution in [3.05, 3.63) is 117 Å². The Kier molecular flexibility index (Phi) is 15.8. The molecule has 0 spiro atoms. The minimum atomic E-state index is 0.112. The van der Waals surface area contributed by atoms with Crippen molar-refractivity contribution in [3.63, 3.8) is 0 Å². The highest BCUT2D eigenvalue weighted by atomic mass is 32.1. The second kappa shape index (κ2) is 21.6. The molecule has 2 saturated heterocycles. The Morgan fingerprint density at radius 1 is 0.642 bits per heavy atom. The number of hydrogen-bond acceptors (Lipinski definition) is 9. The number of hydrogen-bond donors (Lipinski definition) is 1. The average Bonchev–Trinajstić information content (AvgIpc) is 3.82. The highest BCUT2D eigenvalue weighted by Gasteiger charge is 2.37. The average molecular weight is 944 g/mol. The summed E-state index contributed by atoms with van der Waals surface area (Å²) in [6.07, 6.45) is 15.9. The van der Waals surface area contributed by atoms with Crippen LogP contribution < -0.4 is 5.32 Å². The highest BCUT2D eigenvalue weighted by molar-refractivity contribution is 7.13. The molecule has 3 aromatic heterocycles. The molecule has 0 aromatic carbocycles. The molecule has 2 fully saturated rings. The van der Waals surface area contributed by atoms with Gasteiger partial charge in [-0.05, 0) is 164 Å². The zero-order chi connectivity index (χ0) is 47.5. The SMILES string of the molecule is CC[C@@H](c1sc2c(c1C)C(=O)N(CC1=C(C)C=C(C)CC1=O)CC2)C1CCN(Cc2ccccn2)CC1.CC[C@@H](c1sc2c(c1C)C(=O)N(CC1=C(C)C=C(C)CC1=O)CC2)C1CCNCC1. The van der Waals surface area contributed by atoms with Crippen molar-refractivity contribution in [1.82, 2.24) is 25.0 Å². The van der Waals surface area contributed by atoms with E-state index in [0.29, 0.717) is 62.7 Å². The van der Waals surface area contributed by atoms with Gasteiger partial charge >= 0.3 is 0 Å². The summed E-state index contributed by atoms with van der Waals surface area (Å²) < 4.78 is 0. The Morgan fingerprint density at radius 2 is 1.12 bits per heavy atom. The van der Waals surface area contributed by atoms with Crippen molar-refractivity contribution in [2.45, 2.75) is 138 Å². The number of carbonyl (C=O) groups excluding carboxylic acids is 4. The lowest BCUT2D eigenvalue weighted by Crippen LogP contribution is -2.40. The molecule has 11 heteroatoms. The first kappa shape index (κ1) is 49.1. The Bertz CT molecular complexity index is 2490. The van der Waals surface area contributed by atoms with Crippen molar-refractivity contribution < 1.29 is 19.2 Å². The second-order valence-electron chi connectivity index (χ2n) is 20.3. The molecule has 4 aliphatic heterocycles. The monoisotopic (exact) mass is 944 g/mol. The summed E-state index contributed by atoms with van der Waals surface area (Å²) in [5.41, 5.74) is 11.2. The summed E-state index contributed by atoms with van der Waals surface area (Å²) in [4.78, 5) is 68.6. The fourth-order valence-electron chi connectivity index (χ4n) is 12.0. The number of thiophene rings is 2. The molecule has 0 saturated carbocycles. The maximum absolute atomic E-state index is 13.7. The summed E-state index contributed by atoms with van der Waals surface area (Å²) in [7, 11) is 0. The van der Waals surface area contributed by atoms with Gasteiger partial charge in [0.25, 0.3) is 11.8 Å². The van der Waals surface area contributed by atoms with Crippen LogP contribution in [0.5, 0.6) is 0 Å². The number of fused-ring (bicyclic) bond motifs is 2. The van der Waals surface area contributed by atoms with E-state index in [-0.39, 0.29) is 23.4 Å². The minimum absolute atomic E-state index is 0.112. The van der Waals surface area contributed by atoms with Gasteiger partial charge in [0.05, 0.1) is 16.8 Å². The van der Waals surface area contributed by atoms with Crippen LogP contribution in [0.2, 0.25) is 0 Å². The van der Waals surface area contributed by atoms with Crippen LogP contribution in [0.15, 0.2) is 70.0 Å². The Hall–Kier alpha value is -4.29. The number of nitrogens with one attached hydrogen (secondary N) is 1. The van der Waals surface area contributed by atoms with Crippen LogP contribution in [0.1, 0.15) is 162 Å². The van der Waals surface area contributed by atoms with Crippen LogP contribution in [0.3, 0.4) is 0 Å². The number of piperidine rings is 2. The largest absolute Gasteiger partial charge is 0.334 e. The van der Waals surface area contributed by atoms with E-state index in [1.165, 1.54) is 56.3 Å². The standard InChI is InChI=1S/C31H39N3O2S.C25H34N2O2S/c1-5-25(23-9-13-33(14-10-23)18-24-8-6-7-12-32-24)30-22(4)29-28(37-30)11-15-34(31(29)36)19-26-21(3)16-20(2)17-27(26)35;1-5-19(18-6-9-26-10-7-18)24-17(4)23-22(30-24)8-11-27(25(23)29)14-20-16(3)12-15(2)13-21(20)28/h6-8,12,16,23,25H,5,9-11,13-15,17-19H2,1-4H3;12,18-19,26H,5-11,13-14H2,1-4H3/t25-;19-/m11/s1. The second-order valence-corrected chi connectivity index (χ2v) is 22.6. The maximum Gasteiger partial charge on any atom is 0.255 e. The summed E-state index contributed by atoms with van der Waals surface area (Å²) in [6.45, 7) is 24.5. The third-order valence-corrected chi connectivity index (χ3v) is 18.6. The summed E-state index contributed by atoms with van der Waals surface area (Å²) in [5, 5.41) is 3.48. The van der Waals surface area contributed by atoms with E-state index in [1.54, 1.807) is 0 Å². The molecule has 0 bridgehead atoms. The quantitative estimate of drug-likeness (QED) is 0.193. The van der Waals surface area contributed by atoms with E-state index in [1.807, 2.05) is 72.4 Å². The van der Waals surface area contributed by atoms with E-state index < -0.39 is 0 Å². The predicted octanol–water partition coefficient (Wildman–Crippen LogP) is 10.9. The number of aromatic nitrogens is 1. The van der Waals surface area contributed by atoms with Crippen molar-refractivity contribution in [1.29, 1.82) is 0 Å². The number of ketones is 2. The van der Waals surface area contributed by atoms with Crippen LogP contribution >= 0.6 is 22.7 Å². The molecule has 0 radical (unpaired) electrons. The van der Waals surface area contributed by atoms with E-state index in [2.05, 4.69) is 67.2 Å². The lowest BCUT2D eigenvalue weighted by Gasteiger charge is -2.35. The molecular weight excluding hydrogens is 871 g/mol. The minimum Gasteiger partial charge on any atom is -0.334 e. The van der Waals surface area contributed by atoms with Gasteiger partial charge in [0.2, 0.25) is 0 Å². The lowest BCUT2D eigenvalue weighted by molar-refractivity contribution is -0.116. The molecule has 2 atom stereocenters. The van der Waals surface area contributed by atoms with Crippen LogP contribution in [-0.2, 0) is 29.0 Å². The number of nitrogens with zero attached hydrogens (tertiary/aromatic N) is 4. The van der Waals surface area contributed by atoms with Gasteiger partial charge in [0.1, 0.15) is 0 Å². The summed E-state index contributed by atoms with van der Waals surface area (Å²) in [5.74, 6) is 3.00. The van der Waals surface area contributed by atoms with Gasteiger partial charge < -0.3 is 15.1 Å². The maximum atomic E-state index is 13.7. The molecule has 67 heavy (non-hydrogen) atoms. The Labute approximate surface area is 407 Å². The van der Waals surface area contributed by atoms with Crippen molar-refractivity contribution in [2.75, 3.05) is 52.4 Å². The van der Waals surface area contributed by atoms with E-state index >= 15 is 0 Å². The molecule has 9 nitrogen and oxygen atoms in total. The molecular formula is C56H73N5O4S2. The third kappa shape index (κ3) is 10.7. The third-order valence-electron chi connectivity index (χ3n) is 15.7. The lowest BCUT2D eigenvalue weighted by atomic mass is 9.80. The van der Waals surface area contributed by atoms with Crippen LogP contribution in [-0.4, -0.2) is 95.4 Å². The molecule has 1 N–H and O–H groups in total. The molecule has 7 heterocycles. The fourth-order valence-corrected chi connectivity index (χ4v) is 15.2. The number of Topliss-reactive ketones (excluding diaryl/α,β-unsaturated/α-hetero) is 2. The Balaban J connectivity index is 0.000000186. The van der Waals surface area contributed by atoms with Gasteiger partial charge in [0, 0.05) is 95.3 Å². The predicted molar refractivity (Wildman–Crippen MR) is 273 cm³/mol.